The van der Waals surface area contributed by atoms with Gasteiger partial charge in [-0.1, -0.05) is 6.07 Å². The van der Waals surface area contributed by atoms with E-state index in [0.29, 0.717) is 11.6 Å². The van der Waals surface area contributed by atoms with E-state index < -0.39 is 15.8 Å². The van der Waals surface area contributed by atoms with E-state index in [-0.39, 0.29) is 29.7 Å². The van der Waals surface area contributed by atoms with Crippen molar-refractivity contribution in [3.8, 4) is 11.6 Å². The molecule has 2 heterocycles. The lowest BCUT2D eigenvalue weighted by atomic mass is 10.4. The molecule has 0 unspecified atom stereocenters. The maximum atomic E-state index is 13.2. The van der Waals surface area contributed by atoms with Crippen LogP contribution >= 0.6 is 0 Å². The first-order valence-corrected chi connectivity index (χ1v) is 9.92. The minimum atomic E-state index is -3.87. The molecule has 142 valence electrons. The standard InChI is InChI=1S/C17H17FN4O4S/c18-12-3-1-4-14(11-12)27(24,25)19-8-9-21-17(23)22(13-6-7-13)16(20-21)15-5-2-10-26-15/h1-5,10-11,13,19H,6-9H2. The van der Waals surface area contributed by atoms with E-state index in [1.807, 2.05) is 0 Å². The molecule has 1 aromatic carbocycles. The minimum Gasteiger partial charge on any atom is -0.461 e. The summed E-state index contributed by atoms with van der Waals surface area (Å²) in [5, 5.41) is 4.30. The van der Waals surface area contributed by atoms with Crippen LogP contribution in [0.2, 0.25) is 0 Å². The van der Waals surface area contributed by atoms with Crippen LogP contribution in [0.25, 0.3) is 11.6 Å². The molecule has 2 aromatic heterocycles. The summed E-state index contributed by atoms with van der Waals surface area (Å²) in [6.07, 6.45) is 3.29. The van der Waals surface area contributed by atoms with Crippen molar-refractivity contribution in [2.45, 2.75) is 30.3 Å². The second-order valence-electron chi connectivity index (χ2n) is 6.26. The smallest absolute Gasteiger partial charge is 0.346 e. The van der Waals surface area contributed by atoms with Gasteiger partial charge in [0, 0.05) is 12.6 Å². The number of hydrogen-bond donors (Lipinski definition) is 1. The average molecular weight is 392 g/mol. The van der Waals surface area contributed by atoms with Gasteiger partial charge in [-0.3, -0.25) is 4.57 Å². The Morgan fingerprint density at radius 3 is 2.74 bits per heavy atom. The monoisotopic (exact) mass is 392 g/mol. The number of furan rings is 1. The molecule has 0 atom stereocenters. The third-order valence-corrected chi connectivity index (χ3v) is 5.70. The van der Waals surface area contributed by atoms with Gasteiger partial charge in [0.25, 0.3) is 0 Å². The summed E-state index contributed by atoms with van der Waals surface area (Å²) in [4.78, 5) is 12.5. The fraction of sp³-hybridized carbons (Fsp3) is 0.294. The van der Waals surface area contributed by atoms with Crippen molar-refractivity contribution in [2.24, 2.45) is 0 Å². The predicted octanol–water partition coefficient (Wildman–Crippen LogP) is 1.76. The van der Waals surface area contributed by atoms with Crippen molar-refractivity contribution in [1.29, 1.82) is 0 Å². The lowest BCUT2D eigenvalue weighted by Gasteiger charge is -2.06. The summed E-state index contributed by atoms with van der Waals surface area (Å²) in [5.41, 5.74) is -0.311. The Morgan fingerprint density at radius 1 is 1.26 bits per heavy atom. The highest BCUT2D eigenvalue weighted by molar-refractivity contribution is 7.89. The van der Waals surface area contributed by atoms with Crippen LogP contribution < -0.4 is 10.4 Å². The Labute approximate surface area is 154 Å². The van der Waals surface area contributed by atoms with E-state index in [9.17, 15) is 17.6 Å². The minimum absolute atomic E-state index is 0.0425. The Balaban J connectivity index is 1.52. The zero-order chi connectivity index (χ0) is 19.0. The van der Waals surface area contributed by atoms with Gasteiger partial charge in [0.2, 0.25) is 15.8 Å². The van der Waals surface area contributed by atoms with Gasteiger partial charge in [-0.05, 0) is 43.2 Å². The molecule has 4 rings (SSSR count). The van der Waals surface area contributed by atoms with Crippen molar-refractivity contribution in [3.05, 3.63) is 59.0 Å². The molecule has 8 nitrogen and oxygen atoms in total. The van der Waals surface area contributed by atoms with E-state index in [2.05, 4.69) is 9.82 Å². The van der Waals surface area contributed by atoms with Gasteiger partial charge in [-0.2, -0.15) is 0 Å². The molecular weight excluding hydrogens is 375 g/mol. The quantitative estimate of drug-likeness (QED) is 0.661. The SMILES string of the molecule is O=c1n(CCNS(=O)(=O)c2cccc(F)c2)nc(-c2ccco2)n1C1CC1. The van der Waals surface area contributed by atoms with Crippen LogP contribution in [0.4, 0.5) is 4.39 Å². The summed E-state index contributed by atoms with van der Waals surface area (Å²) in [6, 6.07) is 8.25. The molecule has 0 aliphatic heterocycles. The molecular formula is C17H17FN4O4S. The lowest BCUT2D eigenvalue weighted by Crippen LogP contribution is -2.32. The normalized spacial score (nSPS) is 14.6. The highest BCUT2D eigenvalue weighted by Crippen LogP contribution is 2.36. The average Bonchev–Trinajstić information content (AvgIpc) is 3.21. The maximum absolute atomic E-state index is 13.2. The molecule has 0 radical (unpaired) electrons. The van der Waals surface area contributed by atoms with Crippen LogP contribution in [0.1, 0.15) is 18.9 Å². The van der Waals surface area contributed by atoms with Gasteiger partial charge in [0.05, 0.1) is 17.7 Å². The fourth-order valence-corrected chi connectivity index (χ4v) is 3.86. The molecule has 1 saturated carbocycles. The lowest BCUT2D eigenvalue weighted by molar-refractivity contribution is 0.545. The Bertz CT molecular complexity index is 1110. The second-order valence-corrected chi connectivity index (χ2v) is 8.03. The van der Waals surface area contributed by atoms with Gasteiger partial charge < -0.3 is 4.42 Å². The summed E-state index contributed by atoms with van der Waals surface area (Å²) < 4.78 is 48.2. The number of rotatable bonds is 7. The van der Waals surface area contributed by atoms with Crippen molar-refractivity contribution in [2.75, 3.05) is 6.54 Å². The van der Waals surface area contributed by atoms with Crippen LogP contribution in [-0.4, -0.2) is 29.3 Å². The van der Waals surface area contributed by atoms with Crippen LogP contribution in [0, 0.1) is 5.82 Å². The second kappa shape index (κ2) is 6.78. The zero-order valence-corrected chi connectivity index (χ0v) is 15.0. The number of nitrogens with zero attached hydrogens (tertiary/aromatic N) is 3. The molecule has 0 amide bonds. The number of sulfonamides is 1. The van der Waals surface area contributed by atoms with Crippen molar-refractivity contribution >= 4 is 10.0 Å². The summed E-state index contributed by atoms with van der Waals surface area (Å²) >= 11 is 0. The first-order chi connectivity index (χ1) is 13.0. The van der Waals surface area contributed by atoms with Crippen molar-refractivity contribution in [3.63, 3.8) is 0 Å². The third kappa shape index (κ3) is 3.58. The highest BCUT2D eigenvalue weighted by Gasteiger charge is 2.31. The van der Waals surface area contributed by atoms with Crippen LogP contribution in [0.5, 0.6) is 0 Å². The van der Waals surface area contributed by atoms with E-state index >= 15 is 0 Å². The first kappa shape index (κ1) is 17.7. The van der Waals surface area contributed by atoms with Gasteiger partial charge in [0.15, 0.2) is 5.76 Å². The van der Waals surface area contributed by atoms with Gasteiger partial charge in [-0.15, -0.1) is 5.10 Å². The van der Waals surface area contributed by atoms with Crippen LogP contribution in [-0.2, 0) is 16.6 Å². The van der Waals surface area contributed by atoms with E-state index in [1.165, 1.54) is 29.1 Å². The molecule has 0 bridgehead atoms. The summed E-state index contributed by atoms with van der Waals surface area (Å²) in [5.74, 6) is 0.277. The third-order valence-electron chi connectivity index (χ3n) is 4.25. The van der Waals surface area contributed by atoms with Gasteiger partial charge >= 0.3 is 5.69 Å². The molecule has 1 fully saturated rings. The fourth-order valence-electron chi connectivity index (χ4n) is 2.80. The largest absolute Gasteiger partial charge is 0.461 e. The molecule has 0 spiro atoms. The molecule has 10 heteroatoms. The number of aromatic nitrogens is 3. The van der Waals surface area contributed by atoms with E-state index in [1.54, 1.807) is 16.7 Å². The number of hydrogen-bond acceptors (Lipinski definition) is 5. The Kier molecular flexibility index (Phi) is 4.44. The summed E-state index contributed by atoms with van der Waals surface area (Å²) in [7, 11) is -3.87. The predicted molar refractivity (Wildman–Crippen MR) is 94.0 cm³/mol. The molecule has 1 N–H and O–H groups in total. The summed E-state index contributed by atoms with van der Waals surface area (Å²) in [6.45, 7) is -0.0150. The first-order valence-electron chi connectivity index (χ1n) is 8.44. The van der Waals surface area contributed by atoms with E-state index in [4.69, 9.17) is 4.42 Å². The van der Waals surface area contributed by atoms with Crippen LogP contribution in [0.3, 0.4) is 0 Å². The van der Waals surface area contributed by atoms with Crippen molar-refractivity contribution in [1.82, 2.24) is 19.1 Å². The Morgan fingerprint density at radius 2 is 2.07 bits per heavy atom. The number of halogens is 1. The number of nitrogens with one attached hydrogen (secondary N) is 1. The highest BCUT2D eigenvalue weighted by atomic mass is 32.2. The van der Waals surface area contributed by atoms with E-state index in [0.717, 1.165) is 18.9 Å². The molecule has 1 aliphatic rings. The molecule has 0 saturated heterocycles. The molecule has 27 heavy (non-hydrogen) atoms. The molecule has 3 aromatic rings. The topological polar surface area (TPSA) is 99.1 Å². The molecule has 1 aliphatic carbocycles. The van der Waals surface area contributed by atoms with Crippen molar-refractivity contribution < 1.29 is 17.2 Å². The van der Waals surface area contributed by atoms with Gasteiger partial charge in [-0.25, -0.2) is 27.0 Å². The zero-order valence-electron chi connectivity index (χ0n) is 14.2. The maximum Gasteiger partial charge on any atom is 0.346 e. The number of benzene rings is 1. The Hall–Kier alpha value is -2.72. The van der Waals surface area contributed by atoms with Crippen LogP contribution in [0.15, 0.2) is 56.8 Å². The van der Waals surface area contributed by atoms with Gasteiger partial charge in [0.1, 0.15) is 5.82 Å².